The predicted octanol–water partition coefficient (Wildman–Crippen LogP) is 4.23. The lowest BCUT2D eigenvalue weighted by Gasteiger charge is -2.21. The third-order valence-corrected chi connectivity index (χ3v) is 4.41. The first kappa shape index (κ1) is 15.3. The van der Waals surface area contributed by atoms with Crippen molar-refractivity contribution in [1.29, 1.82) is 0 Å². The van der Waals surface area contributed by atoms with Crippen molar-refractivity contribution in [2.45, 2.75) is 32.2 Å². The highest BCUT2D eigenvalue weighted by Gasteiger charge is 2.11. The molecule has 2 aromatic rings. The standard InChI is InChI=1S/C17H21BrN4/c18-15-5-6-16(21-13-15)20-12-14-7-8-19-17(11-14)22-9-3-1-2-4-10-22/h5-8,11,13H,1-4,9-10,12H2,(H,20,21). The topological polar surface area (TPSA) is 41.1 Å². The zero-order valence-electron chi connectivity index (χ0n) is 12.6. The van der Waals surface area contributed by atoms with Gasteiger partial charge in [-0.05, 0) is 58.6 Å². The first-order valence-electron chi connectivity index (χ1n) is 7.86. The molecule has 3 heterocycles. The van der Waals surface area contributed by atoms with Gasteiger partial charge in [-0.1, -0.05) is 12.8 Å². The third-order valence-electron chi connectivity index (χ3n) is 3.94. The number of halogens is 1. The molecule has 1 aliphatic rings. The fraction of sp³-hybridized carbons (Fsp3) is 0.412. The summed E-state index contributed by atoms with van der Waals surface area (Å²) in [7, 11) is 0. The summed E-state index contributed by atoms with van der Waals surface area (Å²) in [5, 5.41) is 3.35. The van der Waals surface area contributed by atoms with E-state index in [2.05, 4.69) is 48.2 Å². The number of hydrogen-bond donors (Lipinski definition) is 1. The summed E-state index contributed by atoms with van der Waals surface area (Å²) in [6.07, 6.45) is 8.93. The molecule has 0 saturated carbocycles. The van der Waals surface area contributed by atoms with E-state index in [1.807, 2.05) is 18.3 Å². The van der Waals surface area contributed by atoms with Gasteiger partial charge in [-0.3, -0.25) is 0 Å². The molecule has 0 radical (unpaired) electrons. The van der Waals surface area contributed by atoms with Crippen LogP contribution in [0.1, 0.15) is 31.2 Å². The monoisotopic (exact) mass is 360 g/mol. The van der Waals surface area contributed by atoms with Crippen molar-refractivity contribution in [3.05, 3.63) is 46.7 Å². The minimum atomic E-state index is 0.762. The lowest BCUT2D eigenvalue weighted by molar-refractivity contribution is 0.726. The van der Waals surface area contributed by atoms with Gasteiger partial charge in [-0.25, -0.2) is 9.97 Å². The highest BCUT2D eigenvalue weighted by Crippen LogP contribution is 2.19. The number of nitrogens with one attached hydrogen (secondary N) is 1. The molecule has 0 atom stereocenters. The highest BCUT2D eigenvalue weighted by molar-refractivity contribution is 9.10. The average Bonchev–Trinajstić information content (AvgIpc) is 2.84. The molecule has 0 unspecified atom stereocenters. The fourth-order valence-electron chi connectivity index (χ4n) is 2.72. The van der Waals surface area contributed by atoms with Crippen molar-refractivity contribution in [1.82, 2.24) is 9.97 Å². The van der Waals surface area contributed by atoms with Gasteiger partial charge in [0.2, 0.25) is 0 Å². The van der Waals surface area contributed by atoms with Crippen LogP contribution in [0.4, 0.5) is 11.6 Å². The van der Waals surface area contributed by atoms with Crippen molar-refractivity contribution < 1.29 is 0 Å². The Bertz CT molecular complexity index is 592. The molecule has 1 fully saturated rings. The van der Waals surface area contributed by atoms with E-state index in [9.17, 15) is 0 Å². The highest BCUT2D eigenvalue weighted by atomic mass is 79.9. The molecule has 0 spiro atoms. The Hall–Kier alpha value is -1.62. The van der Waals surface area contributed by atoms with Gasteiger partial charge >= 0.3 is 0 Å². The van der Waals surface area contributed by atoms with Gasteiger partial charge in [0.15, 0.2) is 0 Å². The number of pyridine rings is 2. The first-order valence-corrected chi connectivity index (χ1v) is 8.66. The van der Waals surface area contributed by atoms with Crippen molar-refractivity contribution >= 4 is 27.6 Å². The van der Waals surface area contributed by atoms with Gasteiger partial charge in [0.1, 0.15) is 11.6 Å². The Morgan fingerprint density at radius 3 is 2.59 bits per heavy atom. The lowest BCUT2D eigenvalue weighted by atomic mass is 10.2. The summed E-state index contributed by atoms with van der Waals surface area (Å²) < 4.78 is 0.991. The summed E-state index contributed by atoms with van der Waals surface area (Å²) in [5.41, 5.74) is 1.24. The summed E-state index contributed by atoms with van der Waals surface area (Å²) in [5.74, 6) is 1.99. The van der Waals surface area contributed by atoms with E-state index < -0.39 is 0 Å². The van der Waals surface area contributed by atoms with E-state index in [4.69, 9.17) is 0 Å². The van der Waals surface area contributed by atoms with Gasteiger partial charge in [-0.2, -0.15) is 0 Å². The number of anilines is 2. The molecular formula is C17H21BrN4. The van der Waals surface area contributed by atoms with E-state index in [1.165, 1.54) is 31.2 Å². The molecule has 0 aliphatic carbocycles. The number of rotatable bonds is 4. The Morgan fingerprint density at radius 1 is 1.05 bits per heavy atom. The van der Waals surface area contributed by atoms with Crippen LogP contribution in [0.2, 0.25) is 0 Å². The maximum absolute atomic E-state index is 4.55. The number of nitrogens with zero attached hydrogens (tertiary/aromatic N) is 3. The van der Waals surface area contributed by atoms with Crippen molar-refractivity contribution in [2.24, 2.45) is 0 Å². The second-order valence-corrected chi connectivity index (χ2v) is 6.55. The predicted molar refractivity (Wildman–Crippen MR) is 94.2 cm³/mol. The minimum Gasteiger partial charge on any atom is -0.366 e. The smallest absolute Gasteiger partial charge is 0.128 e. The first-order chi connectivity index (χ1) is 10.8. The molecule has 5 heteroatoms. The van der Waals surface area contributed by atoms with E-state index in [0.717, 1.165) is 35.7 Å². The van der Waals surface area contributed by atoms with Crippen LogP contribution in [0.3, 0.4) is 0 Å². The average molecular weight is 361 g/mol. The Kier molecular flexibility index (Phi) is 5.27. The van der Waals surface area contributed by atoms with E-state index in [1.54, 1.807) is 6.20 Å². The zero-order chi connectivity index (χ0) is 15.2. The van der Waals surface area contributed by atoms with Crippen LogP contribution in [-0.2, 0) is 6.54 Å². The number of hydrogen-bond acceptors (Lipinski definition) is 4. The van der Waals surface area contributed by atoms with Crippen LogP contribution in [0.25, 0.3) is 0 Å². The Morgan fingerprint density at radius 2 is 1.86 bits per heavy atom. The molecule has 22 heavy (non-hydrogen) atoms. The molecule has 1 N–H and O–H groups in total. The van der Waals surface area contributed by atoms with Crippen molar-refractivity contribution in [3.8, 4) is 0 Å². The molecule has 1 saturated heterocycles. The van der Waals surface area contributed by atoms with Gasteiger partial charge < -0.3 is 10.2 Å². The summed E-state index contributed by atoms with van der Waals surface area (Å²) in [6.45, 7) is 3.01. The molecule has 116 valence electrons. The summed E-state index contributed by atoms with van der Waals surface area (Å²) in [4.78, 5) is 11.3. The van der Waals surface area contributed by atoms with Crippen LogP contribution < -0.4 is 10.2 Å². The fourth-order valence-corrected chi connectivity index (χ4v) is 2.95. The van der Waals surface area contributed by atoms with Crippen LogP contribution in [0, 0.1) is 0 Å². The Labute approximate surface area is 140 Å². The van der Waals surface area contributed by atoms with Crippen LogP contribution in [-0.4, -0.2) is 23.1 Å². The number of aromatic nitrogens is 2. The van der Waals surface area contributed by atoms with Crippen molar-refractivity contribution in [3.63, 3.8) is 0 Å². The molecule has 1 aliphatic heterocycles. The zero-order valence-corrected chi connectivity index (χ0v) is 14.2. The minimum absolute atomic E-state index is 0.762. The Balaban J connectivity index is 1.64. The molecule has 0 bridgehead atoms. The largest absolute Gasteiger partial charge is 0.366 e. The maximum Gasteiger partial charge on any atom is 0.128 e. The third kappa shape index (κ3) is 4.19. The summed E-state index contributed by atoms with van der Waals surface area (Å²) >= 11 is 3.40. The normalized spacial score (nSPS) is 15.4. The molecule has 3 rings (SSSR count). The molecule has 4 nitrogen and oxygen atoms in total. The van der Waals surface area contributed by atoms with Gasteiger partial charge in [0.05, 0.1) is 0 Å². The SMILES string of the molecule is Brc1ccc(NCc2ccnc(N3CCCCCC3)c2)nc1. The lowest BCUT2D eigenvalue weighted by Crippen LogP contribution is -2.25. The molecular weight excluding hydrogens is 340 g/mol. The van der Waals surface area contributed by atoms with Crippen LogP contribution >= 0.6 is 15.9 Å². The van der Waals surface area contributed by atoms with Crippen molar-refractivity contribution in [2.75, 3.05) is 23.3 Å². The van der Waals surface area contributed by atoms with Crippen LogP contribution in [0.15, 0.2) is 41.1 Å². The summed E-state index contributed by atoms with van der Waals surface area (Å²) in [6, 6.07) is 8.22. The van der Waals surface area contributed by atoms with E-state index >= 15 is 0 Å². The molecule has 0 aromatic carbocycles. The molecule has 0 amide bonds. The van der Waals surface area contributed by atoms with Crippen LogP contribution in [0.5, 0.6) is 0 Å². The van der Waals surface area contributed by atoms with Gasteiger partial charge in [0, 0.05) is 36.5 Å². The van der Waals surface area contributed by atoms with Gasteiger partial charge in [-0.15, -0.1) is 0 Å². The van der Waals surface area contributed by atoms with E-state index in [0.29, 0.717) is 0 Å². The second kappa shape index (κ2) is 7.58. The van der Waals surface area contributed by atoms with Gasteiger partial charge in [0.25, 0.3) is 0 Å². The maximum atomic E-state index is 4.55. The van der Waals surface area contributed by atoms with E-state index in [-0.39, 0.29) is 0 Å². The quantitative estimate of drug-likeness (QED) is 0.885. The second-order valence-electron chi connectivity index (χ2n) is 5.64. The molecule has 2 aromatic heterocycles.